The molecule has 3 aromatic heterocycles. The monoisotopic (exact) mass is 483 g/mol. The van der Waals surface area contributed by atoms with Crippen molar-refractivity contribution >= 4 is 17.2 Å². The molecule has 2 fully saturated rings. The lowest BCUT2D eigenvalue weighted by Gasteiger charge is -2.46. The Bertz CT molecular complexity index is 1420. The van der Waals surface area contributed by atoms with Gasteiger partial charge in [-0.25, -0.2) is 4.98 Å². The molecule has 2 saturated carbocycles. The fourth-order valence-corrected chi connectivity index (χ4v) is 5.66. The van der Waals surface area contributed by atoms with Crippen molar-refractivity contribution in [1.29, 1.82) is 0 Å². The molecule has 186 valence electrons. The standard InChI is InChI=1S/C28H33N7O/c1-4-34-18-31-33-26(34)28(14-19(2)15-28)21-6-5-7-22(13-21)32-25(36)23-12-20(16-30-27(3)8-9-27)17-35-11-10-29-24(23)35/h5-7,10-13,17-19,30H,4,8-9,14-16H2,1-3H3,(H,32,36). The van der Waals surface area contributed by atoms with Crippen molar-refractivity contribution in [3.8, 4) is 0 Å². The number of benzene rings is 1. The SMILES string of the molecule is CCn1cnnc1C1(c2cccc(NC(=O)c3cc(CNC4(C)CC4)cn4ccnc34)c2)CC(C)C1. The number of aryl methyl sites for hydroxylation is 1. The van der Waals surface area contributed by atoms with Crippen LogP contribution in [0.3, 0.4) is 0 Å². The van der Waals surface area contributed by atoms with E-state index in [-0.39, 0.29) is 16.9 Å². The minimum Gasteiger partial charge on any atom is -0.322 e. The number of hydrogen-bond donors (Lipinski definition) is 2. The van der Waals surface area contributed by atoms with Crippen LogP contribution in [0.1, 0.15) is 73.8 Å². The summed E-state index contributed by atoms with van der Waals surface area (Å²) in [5.41, 5.74) is 4.29. The van der Waals surface area contributed by atoms with Gasteiger partial charge >= 0.3 is 0 Å². The average Bonchev–Trinajstić information content (AvgIpc) is 3.24. The largest absolute Gasteiger partial charge is 0.322 e. The highest BCUT2D eigenvalue weighted by Gasteiger charge is 2.48. The predicted molar refractivity (Wildman–Crippen MR) is 139 cm³/mol. The summed E-state index contributed by atoms with van der Waals surface area (Å²) in [6.07, 6.45) is 11.9. The second-order valence-electron chi connectivity index (χ2n) is 10.9. The molecule has 4 aromatic rings. The Morgan fingerprint density at radius 3 is 2.81 bits per heavy atom. The molecular weight excluding hydrogens is 450 g/mol. The van der Waals surface area contributed by atoms with Gasteiger partial charge in [0.05, 0.1) is 11.0 Å². The number of hydrogen-bond acceptors (Lipinski definition) is 5. The van der Waals surface area contributed by atoms with E-state index < -0.39 is 0 Å². The van der Waals surface area contributed by atoms with E-state index >= 15 is 0 Å². The summed E-state index contributed by atoms with van der Waals surface area (Å²) in [5, 5.41) is 15.5. The van der Waals surface area contributed by atoms with Crippen molar-refractivity contribution in [1.82, 2.24) is 29.5 Å². The molecule has 0 aliphatic heterocycles. The molecule has 2 aliphatic carbocycles. The number of amides is 1. The second-order valence-corrected chi connectivity index (χ2v) is 10.9. The molecule has 0 saturated heterocycles. The molecule has 6 rings (SSSR count). The van der Waals surface area contributed by atoms with Gasteiger partial charge in [-0.3, -0.25) is 4.79 Å². The van der Waals surface area contributed by atoms with Gasteiger partial charge in [-0.15, -0.1) is 10.2 Å². The average molecular weight is 484 g/mol. The lowest BCUT2D eigenvalue weighted by Crippen LogP contribution is -2.43. The van der Waals surface area contributed by atoms with Gasteiger partial charge in [-0.05, 0) is 74.8 Å². The molecule has 0 bridgehead atoms. The summed E-state index contributed by atoms with van der Waals surface area (Å²) < 4.78 is 4.06. The number of anilines is 1. The summed E-state index contributed by atoms with van der Waals surface area (Å²) in [4.78, 5) is 18.0. The molecule has 1 aromatic carbocycles. The van der Waals surface area contributed by atoms with Gasteiger partial charge in [-0.2, -0.15) is 0 Å². The van der Waals surface area contributed by atoms with Crippen molar-refractivity contribution in [3.05, 3.63) is 77.8 Å². The van der Waals surface area contributed by atoms with E-state index in [4.69, 9.17) is 0 Å². The van der Waals surface area contributed by atoms with Gasteiger partial charge in [0.15, 0.2) is 0 Å². The number of aromatic nitrogens is 5. The molecule has 0 spiro atoms. The molecule has 1 amide bonds. The van der Waals surface area contributed by atoms with Crippen LogP contribution in [-0.4, -0.2) is 35.6 Å². The molecule has 2 N–H and O–H groups in total. The fourth-order valence-electron chi connectivity index (χ4n) is 5.66. The third-order valence-electron chi connectivity index (χ3n) is 7.96. The minimum atomic E-state index is -0.173. The molecule has 0 atom stereocenters. The van der Waals surface area contributed by atoms with E-state index in [9.17, 15) is 4.79 Å². The summed E-state index contributed by atoms with van der Waals surface area (Å²) in [6.45, 7) is 8.18. The van der Waals surface area contributed by atoms with Crippen LogP contribution in [0.4, 0.5) is 5.69 Å². The van der Waals surface area contributed by atoms with Crippen LogP contribution in [0, 0.1) is 5.92 Å². The van der Waals surface area contributed by atoms with Gasteiger partial charge in [0, 0.05) is 42.9 Å². The third kappa shape index (κ3) is 3.99. The van der Waals surface area contributed by atoms with E-state index in [0.29, 0.717) is 17.1 Å². The van der Waals surface area contributed by atoms with E-state index in [1.54, 1.807) is 6.20 Å². The molecule has 3 heterocycles. The van der Waals surface area contributed by atoms with Crippen LogP contribution < -0.4 is 10.6 Å². The van der Waals surface area contributed by atoms with Gasteiger partial charge in [-0.1, -0.05) is 19.1 Å². The van der Waals surface area contributed by atoms with Crippen LogP contribution in [0.25, 0.3) is 5.65 Å². The number of nitrogens with zero attached hydrogens (tertiary/aromatic N) is 5. The zero-order chi connectivity index (χ0) is 24.9. The topological polar surface area (TPSA) is 89.1 Å². The summed E-state index contributed by atoms with van der Waals surface area (Å²) in [6, 6.07) is 10.2. The van der Waals surface area contributed by atoms with E-state index in [1.165, 1.54) is 18.4 Å². The van der Waals surface area contributed by atoms with Crippen molar-refractivity contribution < 1.29 is 4.79 Å². The quantitative estimate of drug-likeness (QED) is 0.384. The zero-order valence-corrected chi connectivity index (χ0v) is 21.2. The first kappa shape index (κ1) is 22.9. The normalized spacial score (nSPS) is 22.4. The van der Waals surface area contributed by atoms with Crippen LogP contribution in [-0.2, 0) is 18.5 Å². The first-order valence-electron chi connectivity index (χ1n) is 12.9. The number of nitrogens with one attached hydrogen (secondary N) is 2. The highest BCUT2D eigenvalue weighted by atomic mass is 16.1. The van der Waals surface area contributed by atoms with E-state index in [0.717, 1.165) is 43.0 Å². The van der Waals surface area contributed by atoms with Gasteiger partial charge < -0.3 is 19.6 Å². The maximum atomic E-state index is 13.5. The Balaban J connectivity index is 1.29. The molecule has 0 radical (unpaired) electrons. The molecule has 8 heteroatoms. The van der Waals surface area contributed by atoms with Crippen molar-refractivity contribution in [2.24, 2.45) is 5.92 Å². The lowest BCUT2D eigenvalue weighted by molar-refractivity contribution is 0.102. The van der Waals surface area contributed by atoms with Crippen LogP contribution in [0.15, 0.2) is 55.2 Å². The predicted octanol–water partition coefficient (Wildman–Crippen LogP) is 4.56. The maximum Gasteiger partial charge on any atom is 0.259 e. The number of imidazole rings is 1. The summed E-state index contributed by atoms with van der Waals surface area (Å²) in [5.74, 6) is 1.47. The number of carbonyl (C=O) groups is 1. The zero-order valence-electron chi connectivity index (χ0n) is 21.2. The molecular formula is C28H33N7O. The van der Waals surface area contributed by atoms with Crippen LogP contribution >= 0.6 is 0 Å². The van der Waals surface area contributed by atoms with Gasteiger partial charge in [0.1, 0.15) is 17.8 Å². The Labute approximate surface area is 211 Å². The number of fused-ring (bicyclic) bond motifs is 1. The molecule has 2 aliphatic rings. The van der Waals surface area contributed by atoms with Gasteiger partial charge in [0.25, 0.3) is 5.91 Å². The Hall–Kier alpha value is -3.52. The highest BCUT2D eigenvalue weighted by Crippen LogP contribution is 2.51. The maximum absolute atomic E-state index is 13.5. The van der Waals surface area contributed by atoms with Crippen LogP contribution in [0.5, 0.6) is 0 Å². The van der Waals surface area contributed by atoms with Crippen molar-refractivity contribution in [2.75, 3.05) is 5.32 Å². The Kier molecular flexibility index (Phi) is 5.44. The lowest BCUT2D eigenvalue weighted by atomic mass is 9.58. The molecule has 0 unspecified atom stereocenters. The first-order valence-corrected chi connectivity index (χ1v) is 12.9. The first-order chi connectivity index (χ1) is 17.4. The van der Waals surface area contributed by atoms with Crippen LogP contribution in [0.2, 0.25) is 0 Å². The minimum absolute atomic E-state index is 0.157. The fraction of sp³-hybridized carbons (Fsp3) is 0.429. The molecule has 8 nitrogen and oxygen atoms in total. The number of rotatable bonds is 8. The van der Waals surface area contributed by atoms with Crippen molar-refractivity contribution in [2.45, 2.75) is 70.5 Å². The van der Waals surface area contributed by atoms with Crippen molar-refractivity contribution in [3.63, 3.8) is 0 Å². The highest BCUT2D eigenvalue weighted by molar-refractivity contribution is 6.08. The Morgan fingerprint density at radius 2 is 2.06 bits per heavy atom. The Morgan fingerprint density at radius 1 is 1.22 bits per heavy atom. The smallest absolute Gasteiger partial charge is 0.259 e. The van der Waals surface area contributed by atoms with E-state index in [2.05, 4.69) is 63.3 Å². The number of carbonyl (C=O) groups excluding carboxylic acids is 1. The van der Waals surface area contributed by atoms with Gasteiger partial charge in [0.2, 0.25) is 0 Å². The summed E-state index contributed by atoms with van der Waals surface area (Å²) >= 11 is 0. The third-order valence-corrected chi connectivity index (χ3v) is 7.96. The summed E-state index contributed by atoms with van der Waals surface area (Å²) in [7, 11) is 0. The number of pyridine rings is 1. The molecule has 36 heavy (non-hydrogen) atoms. The second kappa shape index (κ2) is 8.55. The van der Waals surface area contributed by atoms with E-state index in [1.807, 2.05) is 41.3 Å².